The van der Waals surface area contributed by atoms with Crippen LogP contribution in [0.5, 0.6) is 5.75 Å². The van der Waals surface area contributed by atoms with Crippen LogP contribution in [0.25, 0.3) is 21.9 Å². The van der Waals surface area contributed by atoms with Crippen LogP contribution in [0.15, 0.2) is 78.9 Å². The first kappa shape index (κ1) is 16.1. The Morgan fingerprint density at radius 2 is 1.48 bits per heavy atom. The number of rotatable bonds is 2. The minimum atomic E-state index is -1.26. The lowest BCUT2D eigenvalue weighted by Crippen LogP contribution is -2.28. The van der Waals surface area contributed by atoms with Crippen molar-refractivity contribution in [2.75, 3.05) is 7.11 Å². The van der Waals surface area contributed by atoms with E-state index >= 15 is 0 Å². The largest absolute Gasteiger partial charge is 0.496 e. The van der Waals surface area contributed by atoms with Gasteiger partial charge in [-0.3, -0.25) is 0 Å². The van der Waals surface area contributed by atoms with Crippen LogP contribution in [0, 0.1) is 6.92 Å². The summed E-state index contributed by atoms with van der Waals surface area (Å²) < 4.78 is 5.70. The van der Waals surface area contributed by atoms with Crippen LogP contribution >= 0.6 is 0 Å². The molecule has 2 heteroatoms. The lowest BCUT2D eigenvalue weighted by molar-refractivity contribution is 0.128. The molecule has 0 spiro atoms. The molecule has 1 aliphatic carbocycles. The van der Waals surface area contributed by atoms with Gasteiger partial charge in [0.25, 0.3) is 0 Å². The molecule has 4 aromatic rings. The highest BCUT2D eigenvalue weighted by Gasteiger charge is 2.46. The fraction of sp³-hybridized carbons (Fsp3) is 0.120. The fourth-order valence-corrected chi connectivity index (χ4v) is 4.59. The van der Waals surface area contributed by atoms with E-state index in [1.807, 2.05) is 42.5 Å². The Kier molecular flexibility index (Phi) is 3.40. The van der Waals surface area contributed by atoms with Gasteiger partial charge in [-0.15, -0.1) is 0 Å². The summed E-state index contributed by atoms with van der Waals surface area (Å²) in [5.74, 6) is 0.707. The van der Waals surface area contributed by atoms with E-state index < -0.39 is 5.60 Å². The van der Waals surface area contributed by atoms with Crippen molar-refractivity contribution in [3.05, 3.63) is 101 Å². The van der Waals surface area contributed by atoms with Crippen molar-refractivity contribution in [3.63, 3.8) is 0 Å². The number of fused-ring (bicyclic) bond motifs is 4. The monoisotopic (exact) mass is 352 g/mol. The zero-order valence-corrected chi connectivity index (χ0v) is 15.4. The Bertz CT molecular complexity index is 1190. The second-order valence-corrected chi connectivity index (χ2v) is 7.12. The Labute approximate surface area is 158 Å². The Morgan fingerprint density at radius 1 is 0.741 bits per heavy atom. The number of ether oxygens (including phenoxy) is 1. The maximum Gasteiger partial charge on any atom is 0.146 e. The van der Waals surface area contributed by atoms with Crippen LogP contribution < -0.4 is 4.74 Å². The maximum atomic E-state index is 12.4. The van der Waals surface area contributed by atoms with E-state index in [9.17, 15) is 5.11 Å². The zero-order chi connectivity index (χ0) is 18.6. The molecule has 0 aromatic heterocycles. The molecule has 27 heavy (non-hydrogen) atoms. The molecule has 4 aromatic carbocycles. The molecule has 2 nitrogen and oxygen atoms in total. The summed E-state index contributed by atoms with van der Waals surface area (Å²) >= 11 is 0. The lowest BCUT2D eigenvalue weighted by Gasteiger charge is -2.30. The molecule has 1 N–H and O–H groups in total. The van der Waals surface area contributed by atoms with Crippen LogP contribution in [0.1, 0.15) is 22.3 Å². The van der Waals surface area contributed by atoms with Crippen molar-refractivity contribution < 1.29 is 9.84 Å². The van der Waals surface area contributed by atoms with Crippen LogP contribution in [-0.4, -0.2) is 12.2 Å². The zero-order valence-electron chi connectivity index (χ0n) is 15.4. The Balaban J connectivity index is 1.98. The third-order valence-electron chi connectivity index (χ3n) is 5.71. The van der Waals surface area contributed by atoms with Crippen LogP contribution in [-0.2, 0) is 5.60 Å². The van der Waals surface area contributed by atoms with Gasteiger partial charge in [-0.25, -0.2) is 0 Å². The fourth-order valence-electron chi connectivity index (χ4n) is 4.59. The molecule has 0 heterocycles. The molecule has 1 unspecified atom stereocenters. The predicted octanol–water partition coefficient (Wildman–Crippen LogP) is 5.42. The number of methoxy groups -OCH3 is 1. The second kappa shape index (κ2) is 5.70. The summed E-state index contributed by atoms with van der Waals surface area (Å²) in [6, 6.07) is 26.5. The van der Waals surface area contributed by atoms with Crippen molar-refractivity contribution in [2.45, 2.75) is 12.5 Å². The molecule has 0 amide bonds. The molecule has 0 aliphatic heterocycles. The van der Waals surface area contributed by atoms with Crippen LogP contribution in [0.2, 0.25) is 0 Å². The summed E-state index contributed by atoms with van der Waals surface area (Å²) in [4.78, 5) is 0. The van der Waals surface area contributed by atoms with Gasteiger partial charge < -0.3 is 9.84 Å². The van der Waals surface area contributed by atoms with E-state index in [0.29, 0.717) is 5.75 Å². The maximum absolute atomic E-state index is 12.4. The third-order valence-corrected chi connectivity index (χ3v) is 5.71. The SMILES string of the molecule is COc1cccc2c1C(O)(c1c(C)ccc3ccccc13)c1ccccc1-2. The second-order valence-electron chi connectivity index (χ2n) is 7.12. The van der Waals surface area contributed by atoms with Crippen molar-refractivity contribution in [1.82, 2.24) is 0 Å². The van der Waals surface area contributed by atoms with Gasteiger partial charge in [0.2, 0.25) is 0 Å². The van der Waals surface area contributed by atoms with Crippen molar-refractivity contribution in [1.29, 1.82) is 0 Å². The van der Waals surface area contributed by atoms with Gasteiger partial charge in [-0.2, -0.15) is 0 Å². The van der Waals surface area contributed by atoms with Crippen molar-refractivity contribution >= 4 is 10.8 Å². The Hall–Kier alpha value is -3.10. The number of aryl methyl sites for hydroxylation is 1. The van der Waals surface area contributed by atoms with E-state index in [2.05, 4.69) is 43.3 Å². The van der Waals surface area contributed by atoms with Gasteiger partial charge in [-0.1, -0.05) is 72.8 Å². The number of hydrogen-bond donors (Lipinski definition) is 1. The van der Waals surface area contributed by atoms with E-state index in [1.54, 1.807) is 7.11 Å². The van der Waals surface area contributed by atoms with Gasteiger partial charge in [0.05, 0.1) is 7.11 Å². The summed E-state index contributed by atoms with van der Waals surface area (Å²) in [6.45, 7) is 2.07. The van der Waals surface area contributed by atoms with Crippen LogP contribution in [0.3, 0.4) is 0 Å². The highest BCUT2D eigenvalue weighted by molar-refractivity contribution is 5.93. The van der Waals surface area contributed by atoms with E-state index in [0.717, 1.165) is 44.2 Å². The molecule has 1 aliphatic rings. The molecule has 0 saturated carbocycles. The summed E-state index contributed by atoms with van der Waals surface area (Å²) in [6.07, 6.45) is 0. The molecule has 0 radical (unpaired) electrons. The highest BCUT2D eigenvalue weighted by atomic mass is 16.5. The van der Waals surface area contributed by atoms with Crippen molar-refractivity contribution in [3.8, 4) is 16.9 Å². The average molecular weight is 352 g/mol. The average Bonchev–Trinajstić information content (AvgIpc) is 2.98. The van der Waals surface area contributed by atoms with Crippen LogP contribution in [0.4, 0.5) is 0 Å². The predicted molar refractivity (Wildman–Crippen MR) is 109 cm³/mol. The minimum Gasteiger partial charge on any atom is -0.496 e. The number of benzene rings is 4. The molecule has 0 bridgehead atoms. The molecule has 1 atom stereocenters. The van der Waals surface area contributed by atoms with E-state index in [1.165, 1.54) is 0 Å². The quantitative estimate of drug-likeness (QED) is 0.522. The van der Waals surface area contributed by atoms with Crippen molar-refractivity contribution in [2.24, 2.45) is 0 Å². The summed E-state index contributed by atoms with van der Waals surface area (Å²) in [5, 5.41) is 14.6. The smallest absolute Gasteiger partial charge is 0.146 e. The highest BCUT2D eigenvalue weighted by Crippen LogP contribution is 2.55. The van der Waals surface area contributed by atoms with E-state index in [4.69, 9.17) is 4.74 Å². The summed E-state index contributed by atoms with van der Waals surface area (Å²) in [5.41, 5.74) is 4.54. The van der Waals surface area contributed by atoms with Gasteiger partial charge in [0.15, 0.2) is 0 Å². The standard InChI is InChI=1S/C25H20O2/c1-16-14-15-17-8-3-4-9-18(17)23(16)25(26)21-12-6-5-10-19(21)20-11-7-13-22(27-2)24(20)25/h3-15,26H,1-2H3. The molecule has 5 rings (SSSR count). The van der Waals surface area contributed by atoms with Gasteiger partial charge in [-0.05, 0) is 40.5 Å². The normalized spacial score (nSPS) is 17.6. The number of aliphatic hydroxyl groups is 1. The first-order chi connectivity index (χ1) is 13.2. The van der Waals surface area contributed by atoms with Gasteiger partial charge in [0.1, 0.15) is 11.4 Å². The first-order valence-corrected chi connectivity index (χ1v) is 9.15. The number of hydrogen-bond acceptors (Lipinski definition) is 2. The molecular formula is C25H20O2. The Morgan fingerprint density at radius 3 is 2.33 bits per heavy atom. The molecule has 132 valence electrons. The molecule has 0 saturated heterocycles. The van der Waals surface area contributed by atoms with E-state index in [-0.39, 0.29) is 0 Å². The lowest BCUT2D eigenvalue weighted by atomic mass is 9.79. The minimum absolute atomic E-state index is 0.707. The molecular weight excluding hydrogens is 332 g/mol. The van der Waals surface area contributed by atoms with Gasteiger partial charge >= 0.3 is 0 Å². The van der Waals surface area contributed by atoms with Gasteiger partial charge in [0, 0.05) is 16.7 Å². The third kappa shape index (κ3) is 2.05. The summed E-state index contributed by atoms with van der Waals surface area (Å²) in [7, 11) is 1.66. The first-order valence-electron chi connectivity index (χ1n) is 9.15. The topological polar surface area (TPSA) is 29.5 Å². The molecule has 0 fully saturated rings.